The Hall–Kier alpha value is -3.77. The zero-order chi connectivity index (χ0) is 23.2. The highest BCUT2D eigenvalue weighted by Gasteiger charge is 2.11. The first-order chi connectivity index (χ1) is 16.0. The summed E-state index contributed by atoms with van der Waals surface area (Å²) in [5, 5.41) is 6.19. The number of nitrogens with one attached hydrogen (secondary N) is 2. The quantitative estimate of drug-likeness (QED) is 0.416. The molecule has 0 atom stereocenters. The van der Waals surface area contributed by atoms with Crippen LogP contribution in [0, 0.1) is 0 Å². The van der Waals surface area contributed by atoms with Gasteiger partial charge in [-0.1, -0.05) is 54.9 Å². The third-order valence-corrected chi connectivity index (χ3v) is 5.49. The number of hydrogen-bond acceptors (Lipinski definition) is 4. The minimum atomic E-state index is -0.295. The summed E-state index contributed by atoms with van der Waals surface area (Å²) in [6.45, 7) is 1.91. The predicted octanol–water partition coefficient (Wildman–Crippen LogP) is 4.81. The lowest BCUT2D eigenvalue weighted by Gasteiger charge is -2.13. The van der Waals surface area contributed by atoms with Gasteiger partial charge in [-0.25, -0.2) is 4.98 Å². The number of aryl methyl sites for hydroxylation is 1. The molecule has 1 heterocycles. The Balaban J connectivity index is 1.43. The van der Waals surface area contributed by atoms with Gasteiger partial charge in [0.05, 0.1) is 35.9 Å². The minimum absolute atomic E-state index is 0.115. The molecule has 2 N–H and O–H groups in total. The molecule has 0 aliphatic heterocycles. The Kier molecular flexibility index (Phi) is 6.95. The van der Waals surface area contributed by atoms with E-state index in [1.54, 1.807) is 30.5 Å². The highest BCUT2D eigenvalue weighted by molar-refractivity contribution is 6.30. The largest absolute Gasteiger partial charge is 0.347 e. The van der Waals surface area contributed by atoms with Gasteiger partial charge in [-0.3, -0.25) is 14.6 Å². The Bertz CT molecular complexity index is 1310. The van der Waals surface area contributed by atoms with Gasteiger partial charge in [0.2, 0.25) is 11.8 Å². The zero-order valence-corrected chi connectivity index (χ0v) is 18.9. The van der Waals surface area contributed by atoms with Crippen LogP contribution in [0.25, 0.3) is 22.3 Å². The molecule has 0 bridgehead atoms. The number of nitrogens with zero attached hydrogens (tertiary/aromatic N) is 2. The molecule has 7 heteroatoms. The van der Waals surface area contributed by atoms with Crippen molar-refractivity contribution >= 4 is 40.1 Å². The Morgan fingerprint density at radius 2 is 1.70 bits per heavy atom. The van der Waals surface area contributed by atoms with Gasteiger partial charge in [-0.15, -0.1) is 0 Å². The summed E-state index contributed by atoms with van der Waals surface area (Å²) in [5.74, 6) is -0.528. The van der Waals surface area contributed by atoms with E-state index < -0.39 is 0 Å². The van der Waals surface area contributed by atoms with E-state index in [4.69, 9.17) is 11.6 Å². The molecule has 0 radical (unpaired) electrons. The van der Waals surface area contributed by atoms with Crippen LogP contribution in [0.5, 0.6) is 0 Å². The third kappa shape index (κ3) is 5.73. The lowest BCUT2D eigenvalue weighted by atomic mass is 10.0. The number of halogens is 1. The average Bonchev–Trinajstić information content (AvgIpc) is 2.84. The van der Waals surface area contributed by atoms with E-state index in [1.807, 2.05) is 49.4 Å². The molecular weight excluding hydrogens is 436 g/mol. The fourth-order valence-corrected chi connectivity index (χ4v) is 3.61. The van der Waals surface area contributed by atoms with Crippen LogP contribution in [0.2, 0.25) is 5.02 Å². The zero-order valence-electron chi connectivity index (χ0n) is 18.1. The molecule has 3 aromatic carbocycles. The smallest absolute Gasteiger partial charge is 0.243 e. The van der Waals surface area contributed by atoms with Crippen LogP contribution in [-0.2, 0) is 22.4 Å². The lowest BCUT2D eigenvalue weighted by molar-refractivity contribution is -0.123. The van der Waals surface area contributed by atoms with Gasteiger partial charge >= 0.3 is 0 Å². The fourth-order valence-electron chi connectivity index (χ4n) is 3.48. The van der Waals surface area contributed by atoms with E-state index >= 15 is 0 Å². The van der Waals surface area contributed by atoms with Crippen molar-refractivity contribution in [2.45, 2.75) is 19.8 Å². The van der Waals surface area contributed by atoms with Gasteiger partial charge in [0, 0.05) is 16.3 Å². The van der Waals surface area contributed by atoms with E-state index in [9.17, 15) is 9.59 Å². The molecule has 0 aliphatic rings. The van der Waals surface area contributed by atoms with E-state index in [1.165, 1.54) is 0 Å². The molecule has 0 fully saturated rings. The van der Waals surface area contributed by atoms with Crippen molar-refractivity contribution in [1.29, 1.82) is 0 Å². The molecule has 2 amide bonds. The molecule has 4 aromatic rings. The summed E-state index contributed by atoms with van der Waals surface area (Å²) in [7, 11) is 0. The summed E-state index contributed by atoms with van der Waals surface area (Å²) in [6.07, 6.45) is 2.66. The van der Waals surface area contributed by atoms with Gasteiger partial charge in [0.25, 0.3) is 0 Å². The topological polar surface area (TPSA) is 84.0 Å². The summed E-state index contributed by atoms with van der Waals surface area (Å²) in [6, 6.07) is 20.6. The molecule has 4 rings (SSSR count). The second-order valence-electron chi connectivity index (χ2n) is 7.60. The number of rotatable bonds is 7. The fraction of sp³-hybridized carbons (Fsp3) is 0.154. The van der Waals surface area contributed by atoms with Crippen molar-refractivity contribution in [3.05, 3.63) is 89.1 Å². The first kappa shape index (κ1) is 22.4. The number of anilines is 1. The molecule has 166 valence electrons. The van der Waals surface area contributed by atoms with Crippen LogP contribution in [0.1, 0.15) is 18.1 Å². The second kappa shape index (κ2) is 10.2. The SMILES string of the molecule is CCc1ccc(-c2cnc3ccccc3n2)cc1NC(=O)CNC(=O)Cc1ccc(Cl)cc1. The molecule has 6 nitrogen and oxygen atoms in total. The number of aromatic nitrogens is 2. The molecule has 0 saturated heterocycles. The van der Waals surface area contributed by atoms with Crippen LogP contribution in [0.15, 0.2) is 72.9 Å². The molecule has 0 saturated carbocycles. The van der Waals surface area contributed by atoms with Gasteiger partial charge in [-0.05, 0) is 47.9 Å². The van der Waals surface area contributed by atoms with E-state index in [0.717, 1.165) is 39.8 Å². The number of carbonyl (C=O) groups is 2. The van der Waals surface area contributed by atoms with Crippen molar-refractivity contribution in [3.8, 4) is 11.3 Å². The third-order valence-electron chi connectivity index (χ3n) is 5.23. The Morgan fingerprint density at radius 1 is 0.939 bits per heavy atom. The highest BCUT2D eigenvalue weighted by Crippen LogP contribution is 2.26. The van der Waals surface area contributed by atoms with Gasteiger partial charge in [0.1, 0.15) is 0 Å². The summed E-state index contributed by atoms with van der Waals surface area (Å²) in [4.78, 5) is 33.9. The van der Waals surface area contributed by atoms with Gasteiger partial charge in [0.15, 0.2) is 0 Å². The van der Waals surface area contributed by atoms with Crippen LogP contribution < -0.4 is 10.6 Å². The molecule has 1 aromatic heterocycles. The van der Waals surface area contributed by atoms with E-state index in [0.29, 0.717) is 10.7 Å². The number of carbonyl (C=O) groups excluding carboxylic acids is 2. The normalized spacial score (nSPS) is 10.7. The Labute approximate surface area is 197 Å². The maximum Gasteiger partial charge on any atom is 0.243 e. The summed E-state index contributed by atoms with van der Waals surface area (Å²) in [5.41, 5.74) is 5.73. The number of benzene rings is 3. The number of fused-ring (bicyclic) bond motifs is 1. The first-order valence-electron chi connectivity index (χ1n) is 10.7. The number of para-hydroxylation sites is 2. The van der Waals surface area contributed by atoms with Crippen molar-refractivity contribution in [2.24, 2.45) is 0 Å². The van der Waals surface area contributed by atoms with Crippen molar-refractivity contribution < 1.29 is 9.59 Å². The Morgan fingerprint density at radius 3 is 2.45 bits per heavy atom. The van der Waals surface area contributed by atoms with Crippen LogP contribution in [0.4, 0.5) is 5.69 Å². The predicted molar refractivity (Wildman–Crippen MR) is 131 cm³/mol. The van der Waals surface area contributed by atoms with Crippen molar-refractivity contribution in [2.75, 3.05) is 11.9 Å². The maximum absolute atomic E-state index is 12.5. The molecule has 0 aliphatic carbocycles. The minimum Gasteiger partial charge on any atom is -0.347 e. The highest BCUT2D eigenvalue weighted by atomic mass is 35.5. The monoisotopic (exact) mass is 458 g/mol. The van der Waals surface area contributed by atoms with Crippen LogP contribution in [-0.4, -0.2) is 28.3 Å². The average molecular weight is 459 g/mol. The second-order valence-corrected chi connectivity index (χ2v) is 8.03. The molecule has 33 heavy (non-hydrogen) atoms. The molecule has 0 spiro atoms. The van der Waals surface area contributed by atoms with E-state index in [2.05, 4.69) is 20.6 Å². The summed E-state index contributed by atoms with van der Waals surface area (Å²) < 4.78 is 0. The van der Waals surface area contributed by atoms with Crippen molar-refractivity contribution in [3.63, 3.8) is 0 Å². The standard InChI is InChI=1S/C26H23ClN4O2/c1-2-18-9-10-19(24-15-28-21-5-3-4-6-22(21)30-24)14-23(18)31-26(33)16-29-25(32)13-17-7-11-20(27)12-8-17/h3-12,14-15H,2,13,16H2,1H3,(H,29,32)(H,31,33). The van der Waals surface area contributed by atoms with Gasteiger partial charge < -0.3 is 10.6 Å². The van der Waals surface area contributed by atoms with Crippen LogP contribution >= 0.6 is 11.6 Å². The van der Waals surface area contributed by atoms with Crippen molar-refractivity contribution in [1.82, 2.24) is 15.3 Å². The van der Waals surface area contributed by atoms with Gasteiger partial charge in [-0.2, -0.15) is 0 Å². The number of amides is 2. The molecular formula is C26H23ClN4O2. The lowest BCUT2D eigenvalue weighted by Crippen LogP contribution is -2.34. The summed E-state index contributed by atoms with van der Waals surface area (Å²) >= 11 is 5.87. The molecule has 0 unspecified atom stereocenters. The van der Waals surface area contributed by atoms with Crippen LogP contribution in [0.3, 0.4) is 0 Å². The maximum atomic E-state index is 12.5. The van der Waals surface area contributed by atoms with E-state index in [-0.39, 0.29) is 24.8 Å². The number of hydrogen-bond donors (Lipinski definition) is 2. The first-order valence-corrected chi connectivity index (χ1v) is 11.1.